The third-order valence-corrected chi connectivity index (χ3v) is 2.56. The molecule has 0 aromatic rings. The Hall–Kier alpha value is -0.900. The predicted octanol–water partition coefficient (Wildman–Crippen LogP) is 0.934. The number of alkyl halides is 1. The molecule has 0 aromatic carbocycles. The van der Waals surface area contributed by atoms with E-state index in [9.17, 15) is 4.39 Å². The lowest BCUT2D eigenvalue weighted by Gasteiger charge is -2.16. The summed E-state index contributed by atoms with van der Waals surface area (Å²) in [4.78, 5) is 6.63. The zero-order chi connectivity index (χ0) is 9.97. The second kappa shape index (κ2) is 4.09. The van der Waals surface area contributed by atoms with Crippen molar-refractivity contribution < 1.29 is 4.39 Å². The fourth-order valence-corrected chi connectivity index (χ4v) is 1.81. The van der Waals surface area contributed by atoms with Gasteiger partial charge in [0.2, 0.25) is 0 Å². The quantitative estimate of drug-likeness (QED) is 0.625. The fourth-order valence-electron chi connectivity index (χ4n) is 1.81. The van der Waals surface area contributed by atoms with Crippen LogP contribution in [0.3, 0.4) is 0 Å². The smallest absolute Gasteiger partial charge is 0.124 e. The first-order chi connectivity index (χ1) is 6.75. The first-order valence-corrected chi connectivity index (χ1v) is 5.11. The van der Waals surface area contributed by atoms with Gasteiger partial charge in [0.05, 0.1) is 12.7 Å². The van der Waals surface area contributed by atoms with Crippen molar-refractivity contribution in [2.75, 3.05) is 19.8 Å². The Morgan fingerprint density at radius 3 is 3.21 bits per heavy atom. The van der Waals surface area contributed by atoms with Gasteiger partial charge in [-0.15, -0.1) is 0 Å². The highest BCUT2D eigenvalue weighted by Gasteiger charge is 2.18. The molecule has 0 amide bonds. The summed E-state index contributed by atoms with van der Waals surface area (Å²) < 4.78 is 13.2. The van der Waals surface area contributed by atoms with Gasteiger partial charge in [-0.2, -0.15) is 0 Å². The zero-order valence-corrected chi connectivity index (χ0v) is 8.41. The summed E-state index contributed by atoms with van der Waals surface area (Å²) in [5.74, 6) is 0.919. The van der Waals surface area contributed by atoms with Crippen LogP contribution >= 0.6 is 0 Å². The molecule has 1 saturated heterocycles. The van der Waals surface area contributed by atoms with Crippen molar-refractivity contribution in [2.45, 2.75) is 25.6 Å². The average Bonchev–Trinajstić information content (AvgIpc) is 2.59. The summed E-state index contributed by atoms with van der Waals surface area (Å²) in [7, 11) is 0. The molecule has 2 rings (SSSR count). The van der Waals surface area contributed by atoms with Crippen LogP contribution in [0.15, 0.2) is 17.1 Å². The van der Waals surface area contributed by atoms with Crippen molar-refractivity contribution >= 4 is 5.84 Å². The van der Waals surface area contributed by atoms with Crippen molar-refractivity contribution in [3.8, 4) is 0 Å². The summed E-state index contributed by atoms with van der Waals surface area (Å²) in [5.41, 5.74) is 0. The molecule has 14 heavy (non-hydrogen) atoms. The summed E-state index contributed by atoms with van der Waals surface area (Å²) >= 11 is 0. The Bertz CT molecular complexity index is 256. The molecule has 0 aliphatic carbocycles. The monoisotopic (exact) mass is 197 g/mol. The molecule has 0 saturated carbocycles. The van der Waals surface area contributed by atoms with Gasteiger partial charge in [-0.3, -0.25) is 10.3 Å². The molecule has 0 bridgehead atoms. The Kier molecular flexibility index (Phi) is 2.82. The normalized spacial score (nSPS) is 33.0. The highest BCUT2D eigenvalue weighted by Crippen LogP contribution is 2.13. The fraction of sp³-hybridized carbons (Fsp3) is 0.700. The number of halogens is 1. The summed E-state index contributed by atoms with van der Waals surface area (Å²) in [6, 6.07) is 0.0793. The second-order valence-electron chi connectivity index (χ2n) is 3.87. The van der Waals surface area contributed by atoms with Gasteiger partial charge >= 0.3 is 0 Å². The van der Waals surface area contributed by atoms with Crippen LogP contribution < -0.4 is 5.32 Å². The highest BCUT2D eigenvalue weighted by molar-refractivity contribution is 5.93. The molecular weight excluding hydrogens is 181 g/mol. The number of rotatable bonds is 0. The third-order valence-electron chi connectivity index (χ3n) is 2.56. The number of hydrogen-bond donors (Lipinski definition) is 1. The summed E-state index contributed by atoms with van der Waals surface area (Å²) in [6.07, 6.45) is 3.07. The maximum absolute atomic E-state index is 13.2. The molecular formula is C10H16FN3. The van der Waals surface area contributed by atoms with E-state index in [2.05, 4.69) is 15.2 Å². The van der Waals surface area contributed by atoms with E-state index in [0.717, 1.165) is 25.6 Å². The van der Waals surface area contributed by atoms with Crippen LogP contribution in [0, 0.1) is 0 Å². The molecule has 1 fully saturated rings. The molecule has 4 heteroatoms. The van der Waals surface area contributed by atoms with Crippen LogP contribution in [0.1, 0.15) is 13.3 Å². The third kappa shape index (κ3) is 2.12. The lowest BCUT2D eigenvalue weighted by atomic mass is 10.2. The minimum Gasteiger partial charge on any atom is -0.343 e. The minimum absolute atomic E-state index is 0.0793. The SMILES string of the molecule is CC1CC(F)C=CC(N2CCNC2)=N1. The molecule has 78 valence electrons. The molecule has 0 radical (unpaired) electrons. The number of amidine groups is 1. The van der Waals surface area contributed by atoms with E-state index in [4.69, 9.17) is 0 Å². The van der Waals surface area contributed by atoms with Crippen LogP contribution in [-0.2, 0) is 0 Å². The van der Waals surface area contributed by atoms with Gasteiger partial charge < -0.3 is 4.90 Å². The molecule has 3 nitrogen and oxygen atoms in total. The molecule has 0 aromatic heterocycles. The number of nitrogens with zero attached hydrogens (tertiary/aromatic N) is 2. The number of nitrogens with one attached hydrogen (secondary N) is 1. The van der Waals surface area contributed by atoms with E-state index in [-0.39, 0.29) is 6.04 Å². The summed E-state index contributed by atoms with van der Waals surface area (Å²) in [5, 5.41) is 3.23. The van der Waals surface area contributed by atoms with E-state index < -0.39 is 6.17 Å². The standard InChI is InChI=1S/C10H16FN3/c1-8-6-9(11)2-3-10(13-8)14-5-4-12-7-14/h2-3,8-9,12H,4-7H2,1H3. The molecule has 2 unspecified atom stereocenters. The van der Waals surface area contributed by atoms with Crippen LogP contribution in [0.4, 0.5) is 4.39 Å². The van der Waals surface area contributed by atoms with Gasteiger partial charge in [0.1, 0.15) is 12.0 Å². The molecule has 2 aliphatic rings. The highest BCUT2D eigenvalue weighted by atomic mass is 19.1. The minimum atomic E-state index is -0.846. The summed E-state index contributed by atoms with van der Waals surface area (Å²) in [6.45, 7) is 4.74. The number of allylic oxidation sites excluding steroid dienone is 1. The molecule has 1 N–H and O–H groups in total. The molecule has 2 aliphatic heterocycles. The van der Waals surface area contributed by atoms with Gasteiger partial charge in [0.25, 0.3) is 0 Å². The van der Waals surface area contributed by atoms with Crippen LogP contribution in [-0.4, -0.2) is 42.7 Å². The van der Waals surface area contributed by atoms with Gasteiger partial charge in [0, 0.05) is 19.5 Å². The molecule has 2 atom stereocenters. The van der Waals surface area contributed by atoms with Gasteiger partial charge in [-0.25, -0.2) is 4.39 Å². The maximum atomic E-state index is 13.2. The Labute approximate surface area is 83.7 Å². The lowest BCUT2D eigenvalue weighted by Crippen LogP contribution is -2.28. The largest absolute Gasteiger partial charge is 0.343 e. The first-order valence-electron chi connectivity index (χ1n) is 5.11. The van der Waals surface area contributed by atoms with E-state index >= 15 is 0 Å². The van der Waals surface area contributed by atoms with Crippen molar-refractivity contribution in [3.63, 3.8) is 0 Å². The predicted molar refractivity (Wildman–Crippen MR) is 55.1 cm³/mol. The van der Waals surface area contributed by atoms with E-state index in [0.29, 0.717) is 6.42 Å². The topological polar surface area (TPSA) is 27.6 Å². The van der Waals surface area contributed by atoms with Crippen LogP contribution in [0.25, 0.3) is 0 Å². The second-order valence-corrected chi connectivity index (χ2v) is 3.87. The maximum Gasteiger partial charge on any atom is 0.124 e. The van der Waals surface area contributed by atoms with Crippen LogP contribution in [0.2, 0.25) is 0 Å². The van der Waals surface area contributed by atoms with E-state index in [1.165, 1.54) is 0 Å². The van der Waals surface area contributed by atoms with Gasteiger partial charge in [-0.05, 0) is 19.1 Å². The van der Waals surface area contributed by atoms with Gasteiger partial charge in [-0.1, -0.05) is 0 Å². The Balaban J connectivity index is 2.11. The Morgan fingerprint density at radius 2 is 2.50 bits per heavy atom. The van der Waals surface area contributed by atoms with Crippen molar-refractivity contribution in [1.29, 1.82) is 0 Å². The van der Waals surface area contributed by atoms with Crippen molar-refractivity contribution in [3.05, 3.63) is 12.2 Å². The lowest BCUT2D eigenvalue weighted by molar-refractivity contribution is 0.361. The molecule has 0 spiro atoms. The number of hydrogen-bond acceptors (Lipinski definition) is 3. The first kappa shape index (κ1) is 9.65. The van der Waals surface area contributed by atoms with E-state index in [1.807, 2.05) is 6.92 Å². The molecule has 2 heterocycles. The zero-order valence-electron chi connectivity index (χ0n) is 8.41. The van der Waals surface area contributed by atoms with Crippen molar-refractivity contribution in [2.24, 2.45) is 4.99 Å². The Morgan fingerprint density at radius 1 is 1.64 bits per heavy atom. The van der Waals surface area contributed by atoms with Crippen LogP contribution in [0.5, 0.6) is 0 Å². The average molecular weight is 197 g/mol. The number of aliphatic imine (C=N–C) groups is 1. The van der Waals surface area contributed by atoms with Gasteiger partial charge in [0.15, 0.2) is 0 Å². The van der Waals surface area contributed by atoms with Crippen molar-refractivity contribution in [1.82, 2.24) is 10.2 Å². The van der Waals surface area contributed by atoms with E-state index in [1.54, 1.807) is 12.2 Å².